The van der Waals surface area contributed by atoms with Gasteiger partial charge in [-0.2, -0.15) is 0 Å². The molecule has 1 unspecified atom stereocenters. The molecule has 0 saturated carbocycles. The van der Waals surface area contributed by atoms with Crippen LogP contribution in [-0.2, 0) is 17.7 Å². The summed E-state index contributed by atoms with van der Waals surface area (Å²) in [7, 11) is 1.81. The Bertz CT molecular complexity index is 951. The van der Waals surface area contributed by atoms with Crippen LogP contribution in [0.1, 0.15) is 47.7 Å². The number of hydrogen-bond donors (Lipinski definition) is 3. The summed E-state index contributed by atoms with van der Waals surface area (Å²) >= 11 is 0. The first-order chi connectivity index (χ1) is 15.8. The fraction of sp³-hybridized carbons (Fsp3) is 0.481. The number of nitrogens with one attached hydrogen (secondary N) is 3. The van der Waals surface area contributed by atoms with Gasteiger partial charge in [-0.1, -0.05) is 36.4 Å². The number of benzene rings is 2. The molecule has 5 rings (SSSR count). The molecule has 3 aliphatic rings. The van der Waals surface area contributed by atoms with Crippen LogP contribution in [0.2, 0.25) is 0 Å². The molecular weight excluding hydrogens is 396 g/mol. The first kappa shape index (κ1) is 21.5. The summed E-state index contributed by atoms with van der Waals surface area (Å²) < 4.78 is 5.85. The van der Waals surface area contributed by atoms with Crippen molar-refractivity contribution in [2.45, 2.75) is 38.5 Å². The zero-order chi connectivity index (χ0) is 21.8. The lowest BCUT2D eigenvalue weighted by Crippen LogP contribution is -2.35. The molecule has 0 spiro atoms. The van der Waals surface area contributed by atoms with Crippen LogP contribution in [0.15, 0.2) is 42.5 Å². The fourth-order valence-corrected chi connectivity index (χ4v) is 5.38. The minimum absolute atomic E-state index is 0.0392. The van der Waals surface area contributed by atoms with Gasteiger partial charge in [0.05, 0.1) is 0 Å². The topological polar surface area (TPSA) is 48.6 Å². The maximum Gasteiger partial charge on any atom is 0.133 e. The molecule has 3 N–H and O–H groups in total. The maximum atomic E-state index is 5.85. The van der Waals surface area contributed by atoms with Gasteiger partial charge in [0, 0.05) is 44.7 Å². The van der Waals surface area contributed by atoms with Gasteiger partial charge < -0.3 is 20.3 Å². The minimum atomic E-state index is -0.0392. The van der Waals surface area contributed by atoms with E-state index >= 15 is 0 Å². The number of ether oxygens (including phenoxy) is 1. The zero-order valence-corrected chi connectivity index (χ0v) is 19.2. The number of anilines is 2. The van der Waals surface area contributed by atoms with Gasteiger partial charge in [-0.15, -0.1) is 0 Å². The van der Waals surface area contributed by atoms with E-state index in [0.29, 0.717) is 0 Å². The normalized spacial score (nSPS) is 19.2. The van der Waals surface area contributed by atoms with Crippen molar-refractivity contribution in [2.75, 3.05) is 50.1 Å². The van der Waals surface area contributed by atoms with Crippen LogP contribution in [0.3, 0.4) is 0 Å². The molecule has 0 aromatic heterocycles. The molecule has 2 aromatic rings. The monoisotopic (exact) mass is 432 g/mol. The third-order valence-corrected chi connectivity index (χ3v) is 7.15. The van der Waals surface area contributed by atoms with E-state index in [4.69, 9.17) is 4.74 Å². The first-order valence-electron chi connectivity index (χ1n) is 12.2. The molecule has 3 heterocycles. The molecule has 0 radical (unpaired) electrons. The van der Waals surface area contributed by atoms with Gasteiger partial charge in [0.2, 0.25) is 0 Å². The largest absolute Gasteiger partial charge is 0.381 e. The maximum absolute atomic E-state index is 5.85. The molecule has 1 fully saturated rings. The fourth-order valence-electron chi connectivity index (χ4n) is 5.38. The van der Waals surface area contributed by atoms with Crippen molar-refractivity contribution < 1.29 is 4.74 Å². The Morgan fingerprint density at radius 3 is 2.97 bits per heavy atom. The average molecular weight is 433 g/mol. The Balaban J connectivity index is 1.30. The van der Waals surface area contributed by atoms with E-state index in [-0.39, 0.29) is 6.23 Å². The van der Waals surface area contributed by atoms with E-state index in [9.17, 15) is 0 Å². The highest BCUT2D eigenvalue weighted by molar-refractivity contribution is 5.73. The van der Waals surface area contributed by atoms with Crippen molar-refractivity contribution in [3.8, 4) is 0 Å². The second kappa shape index (κ2) is 10.1. The smallest absolute Gasteiger partial charge is 0.133 e. The minimum Gasteiger partial charge on any atom is -0.381 e. The second-order valence-electron chi connectivity index (χ2n) is 9.30. The summed E-state index contributed by atoms with van der Waals surface area (Å²) in [6, 6.07) is 13.6. The van der Waals surface area contributed by atoms with E-state index in [1.54, 1.807) is 0 Å². The Morgan fingerprint density at radius 1 is 1.19 bits per heavy atom. The number of piperidine rings is 1. The zero-order valence-electron chi connectivity index (χ0n) is 19.2. The van der Waals surface area contributed by atoms with Crippen LogP contribution in [0.4, 0.5) is 11.4 Å². The summed E-state index contributed by atoms with van der Waals surface area (Å²) in [5, 5.41) is 10.7. The van der Waals surface area contributed by atoms with E-state index in [1.165, 1.54) is 52.9 Å². The summed E-state index contributed by atoms with van der Waals surface area (Å²) in [4.78, 5) is 2.54. The van der Waals surface area contributed by atoms with Gasteiger partial charge in [-0.25, -0.2) is 0 Å². The third kappa shape index (κ3) is 4.70. The Kier molecular flexibility index (Phi) is 6.77. The average Bonchev–Trinajstić information content (AvgIpc) is 2.85. The quantitative estimate of drug-likeness (QED) is 0.569. The van der Waals surface area contributed by atoms with E-state index in [0.717, 1.165) is 51.6 Å². The standard InChI is InChI=1S/C27H36N4O/c1-32-27(30-18-20-11-14-28-15-12-20)23-9-10-25-22(17-23)8-4-16-31(25)19-24-6-2-5-21-7-3-13-29-26(21)24/h2-3,5-7,9-10,17,20,27-30H,4,8,11-16,18-19H2,1H3. The van der Waals surface area contributed by atoms with Crippen LogP contribution in [0.25, 0.3) is 6.08 Å². The molecule has 1 saturated heterocycles. The summed E-state index contributed by atoms with van der Waals surface area (Å²) in [6.45, 7) is 6.24. The molecule has 5 nitrogen and oxygen atoms in total. The van der Waals surface area contributed by atoms with Crippen LogP contribution in [-0.4, -0.2) is 39.8 Å². The molecule has 0 amide bonds. The van der Waals surface area contributed by atoms with Gasteiger partial charge in [0.1, 0.15) is 6.23 Å². The summed E-state index contributed by atoms with van der Waals surface area (Å²) in [5.74, 6) is 0.738. The van der Waals surface area contributed by atoms with E-state index in [2.05, 4.69) is 69.4 Å². The number of rotatable bonds is 7. The van der Waals surface area contributed by atoms with Crippen LogP contribution in [0.5, 0.6) is 0 Å². The highest BCUT2D eigenvalue weighted by Gasteiger charge is 2.22. The third-order valence-electron chi connectivity index (χ3n) is 7.15. The molecule has 2 aromatic carbocycles. The first-order valence-corrected chi connectivity index (χ1v) is 12.2. The van der Waals surface area contributed by atoms with Crippen LogP contribution >= 0.6 is 0 Å². The number of aryl methyl sites for hydroxylation is 1. The molecule has 32 heavy (non-hydrogen) atoms. The molecule has 170 valence electrons. The molecule has 5 heteroatoms. The van der Waals surface area contributed by atoms with Crippen molar-refractivity contribution >= 4 is 17.5 Å². The Labute approximate surface area is 192 Å². The number of para-hydroxylation sites is 1. The SMILES string of the molecule is COC(NCC1CCNCC1)c1ccc2c(c1)CCCN2Cc1cccc2c1NCC=C2. The van der Waals surface area contributed by atoms with Gasteiger partial charge in [0.15, 0.2) is 0 Å². The van der Waals surface area contributed by atoms with Crippen molar-refractivity contribution in [3.05, 3.63) is 64.7 Å². The van der Waals surface area contributed by atoms with Gasteiger partial charge in [-0.3, -0.25) is 5.32 Å². The highest BCUT2D eigenvalue weighted by atomic mass is 16.5. The van der Waals surface area contributed by atoms with Crippen molar-refractivity contribution in [1.29, 1.82) is 0 Å². The number of hydrogen-bond acceptors (Lipinski definition) is 5. The molecule has 0 bridgehead atoms. The van der Waals surface area contributed by atoms with Gasteiger partial charge >= 0.3 is 0 Å². The van der Waals surface area contributed by atoms with E-state index < -0.39 is 0 Å². The van der Waals surface area contributed by atoms with Crippen molar-refractivity contribution in [2.24, 2.45) is 5.92 Å². The molecular formula is C27H36N4O. The summed E-state index contributed by atoms with van der Waals surface area (Å²) in [5.41, 5.74) is 8.02. The molecule has 1 atom stereocenters. The number of nitrogens with zero attached hydrogens (tertiary/aromatic N) is 1. The number of fused-ring (bicyclic) bond motifs is 2. The van der Waals surface area contributed by atoms with Crippen LogP contribution < -0.4 is 20.9 Å². The number of methoxy groups -OCH3 is 1. The predicted octanol–water partition coefficient (Wildman–Crippen LogP) is 4.31. The lowest BCUT2D eigenvalue weighted by Gasteiger charge is -2.33. The molecule has 3 aliphatic heterocycles. The Hall–Kier alpha value is -2.34. The predicted molar refractivity (Wildman–Crippen MR) is 133 cm³/mol. The lowest BCUT2D eigenvalue weighted by molar-refractivity contribution is 0.0681. The highest BCUT2D eigenvalue weighted by Crippen LogP contribution is 2.33. The van der Waals surface area contributed by atoms with Gasteiger partial charge in [0.25, 0.3) is 0 Å². The summed E-state index contributed by atoms with van der Waals surface area (Å²) in [6.07, 6.45) is 9.20. The van der Waals surface area contributed by atoms with Crippen molar-refractivity contribution in [1.82, 2.24) is 10.6 Å². The van der Waals surface area contributed by atoms with Gasteiger partial charge in [-0.05, 0) is 79.1 Å². The van der Waals surface area contributed by atoms with E-state index in [1.807, 2.05) is 7.11 Å². The molecule has 0 aliphatic carbocycles. The van der Waals surface area contributed by atoms with Crippen LogP contribution in [0, 0.1) is 5.92 Å². The second-order valence-corrected chi connectivity index (χ2v) is 9.30. The Morgan fingerprint density at radius 2 is 2.09 bits per heavy atom. The lowest BCUT2D eigenvalue weighted by atomic mass is 9.96. The van der Waals surface area contributed by atoms with Crippen molar-refractivity contribution in [3.63, 3.8) is 0 Å².